The zero-order valence-corrected chi connectivity index (χ0v) is 13.8. The fourth-order valence-electron chi connectivity index (χ4n) is 2.24. The molecule has 0 atom stereocenters. The smallest absolute Gasteiger partial charge is 0.322 e. The van der Waals surface area contributed by atoms with Gasteiger partial charge >= 0.3 is 6.01 Å². The van der Waals surface area contributed by atoms with Gasteiger partial charge in [0.15, 0.2) is 11.5 Å². The van der Waals surface area contributed by atoms with Gasteiger partial charge < -0.3 is 13.9 Å². The number of amides is 1. The van der Waals surface area contributed by atoms with Gasteiger partial charge in [0.05, 0.1) is 5.75 Å². The summed E-state index contributed by atoms with van der Waals surface area (Å²) in [6, 6.07) is 15.1. The van der Waals surface area contributed by atoms with Crippen LogP contribution in [-0.2, 0) is 4.79 Å². The predicted molar refractivity (Wildman–Crippen MR) is 91.7 cm³/mol. The molecule has 126 valence electrons. The van der Waals surface area contributed by atoms with Crippen LogP contribution in [0.3, 0.4) is 0 Å². The highest BCUT2D eigenvalue weighted by atomic mass is 32.2. The van der Waals surface area contributed by atoms with E-state index in [0.717, 1.165) is 4.90 Å². The minimum atomic E-state index is -0.213. The first-order chi connectivity index (χ1) is 12.3. The lowest BCUT2D eigenvalue weighted by atomic mass is 10.2. The number of fused-ring (bicyclic) bond motifs is 1. The van der Waals surface area contributed by atoms with Crippen LogP contribution in [0.2, 0.25) is 0 Å². The minimum absolute atomic E-state index is 0.0614. The second kappa shape index (κ2) is 6.86. The van der Waals surface area contributed by atoms with Crippen molar-refractivity contribution in [2.24, 2.45) is 0 Å². The Bertz CT molecular complexity index is 898. The number of nitrogens with one attached hydrogen (secondary N) is 1. The SMILES string of the molecule is O=C(CSc1ccccc1)Nc1nnc(-c2ccc3c(c2)OCO3)o1. The second-order valence-corrected chi connectivity index (χ2v) is 6.18. The maximum atomic E-state index is 12.0. The highest BCUT2D eigenvalue weighted by Crippen LogP contribution is 2.35. The number of carbonyl (C=O) groups is 1. The molecule has 0 bridgehead atoms. The normalized spacial score (nSPS) is 12.2. The number of thioether (sulfide) groups is 1. The molecular weight excluding hydrogens is 342 g/mol. The molecule has 1 aromatic heterocycles. The molecule has 1 amide bonds. The Morgan fingerprint density at radius 3 is 2.80 bits per heavy atom. The summed E-state index contributed by atoms with van der Waals surface area (Å²) in [5.41, 5.74) is 0.691. The summed E-state index contributed by atoms with van der Waals surface area (Å²) in [5.74, 6) is 1.64. The van der Waals surface area contributed by atoms with Crippen molar-refractivity contribution in [1.82, 2.24) is 10.2 Å². The highest BCUT2D eigenvalue weighted by molar-refractivity contribution is 8.00. The van der Waals surface area contributed by atoms with Gasteiger partial charge in [-0.15, -0.1) is 16.9 Å². The summed E-state index contributed by atoms with van der Waals surface area (Å²) in [5, 5.41) is 10.4. The minimum Gasteiger partial charge on any atom is -0.454 e. The monoisotopic (exact) mass is 355 g/mol. The lowest BCUT2D eigenvalue weighted by molar-refractivity contribution is -0.113. The molecule has 0 unspecified atom stereocenters. The summed E-state index contributed by atoms with van der Waals surface area (Å²) in [6.45, 7) is 0.197. The lowest BCUT2D eigenvalue weighted by Crippen LogP contribution is -2.14. The average Bonchev–Trinajstić information content (AvgIpc) is 3.29. The summed E-state index contributed by atoms with van der Waals surface area (Å²) in [4.78, 5) is 13.0. The van der Waals surface area contributed by atoms with Crippen molar-refractivity contribution >= 4 is 23.7 Å². The largest absolute Gasteiger partial charge is 0.454 e. The molecule has 7 nitrogen and oxygen atoms in total. The van der Waals surface area contributed by atoms with Gasteiger partial charge in [-0.25, -0.2) is 0 Å². The second-order valence-electron chi connectivity index (χ2n) is 5.13. The standard InChI is InChI=1S/C17H13N3O4S/c21-15(9-25-12-4-2-1-3-5-12)18-17-20-19-16(24-17)11-6-7-13-14(8-11)23-10-22-13/h1-8H,9-10H2,(H,18,20,21). The maximum Gasteiger partial charge on any atom is 0.322 e. The van der Waals surface area contributed by atoms with Crippen molar-refractivity contribution in [2.75, 3.05) is 17.9 Å². The van der Waals surface area contributed by atoms with Crippen molar-refractivity contribution < 1.29 is 18.7 Å². The zero-order chi connectivity index (χ0) is 17.1. The average molecular weight is 355 g/mol. The number of benzene rings is 2. The molecule has 2 heterocycles. The van der Waals surface area contributed by atoms with Gasteiger partial charge in [-0.1, -0.05) is 23.3 Å². The number of ether oxygens (including phenoxy) is 2. The third-order valence-electron chi connectivity index (χ3n) is 3.40. The summed E-state index contributed by atoms with van der Waals surface area (Å²) in [7, 11) is 0. The number of hydrogen-bond donors (Lipinski definition) is 1. The van der Waals surface area contributed by atoms with E-state index in [9.17, 15) is 4.79 Å². The third-order valence-corrected chi connectivity index (χ3v) is 4.42. The fraction of sp³-hybridized carbons (Fsp3) is 0.118. The molecule has 8 heteroatoms. The molecule has 1 aliphatic heterocycles. The number of nitrogens with zero attached hydrogens (tertiary/aromatic N) is 2. The molecule has 0 spiro atoms. The van der Waals surface area contributed by atoms with Crippen LogP contribution < -0.4 is 14.8 Å². The maximum absolute atomic E-state index is 12.0. The molecule has 0 radical (unpaired) electrons. The molecule has 4 rings (SSSR count). The molecular formula is C17H13N3O4S. The van der Waals surface area contributed by atoms with Crippen LogP contribution in [0.5, 0.6) is 11.5 Å². The number of aromatic nitrogens is 2. The van der Waals surface area contributed by atoms with Crippen LogP contribution in [0, 0.1) is 0 Å². The van der Waals surface area contributed by atoms with Gasteiger partial charge in [0.2, 0.25) is 18.6 Å². The Morgan fingerprint density at radius 2 is 1.92 bits per heavy atom. The van der Waals surface area contributed by atoms with E-state index in [1.165, 1.54) is 11.8 Å². The molecule has 0 saturated heterocycles. The Morgan fingerprint density at radius 1 is 1.08 bits per heavy atom. The van der Waals surface area contributed by atoms with Crippen LogP contribution in [-0.4, -0.2) is 28.7 Å². The van der Waals surface area contributed by atoms with Crippen LogP contribution >= 0.6 is 11.8 Å². The van der Waals surface area contributed by atoms with E-state index in [1.807, 2.05) is 30.3 Å². The van der Waals surface area contributed by atoms with Crippen molar-refractivity contribution in [3.05, 3.63) is 48.5 Å². The van der Waals surface area contributed by atoms with Crippen molar-refractivity contribution in [3.63, 3.8) is 0 Å². The van der Waals surface area contributed by atoms with Crippen molar-refractivity contribution in [1.29, 1.82) is 0 Å². The van der Waals surface area contributed by atoms with Crippen molar-refractivity contribution in [3.8, 4) is 23.0 Å². The summed E-state index contributed by atoms with van der Waals surface area (Å²) >= 11 is 1.43. The zero-order valence-electron chi connectivity index (χ0n) is 13.0. The Balaban J connectivity index is 1.39. The summed E-state index contributed by atoms with van der Waals surface area (Å²) in [6.07, 6.45) is 0. The number of hydrogen-bond acceptors (Lipinski definition) is 7. The molecule has 25 heavy (non-hydrogen) atoms. The van der Waals surface area contributed by atoms with Gasteiger partial charge in [-0.05, 0) is 30.3 Å². The van der Waals surface area contributed by atoms with E-state index in [-0.39, 0.29) is 24.5 Å². The van der Waals surface area contributed by atoms with Gasteiger partial charge in [0.25, 0.3) is 0 Å². The fourth-order valence-corrected chi connectivity index (χ4v) is 2.96. The molecule has 1 N–H and O–H groups in total. The van der Waals surface area contributed by atoms with Crippen LogP contribution in [0.4, 0.5) is 6.01 Å². The van der Waals surface area contributed by atoms with Gasteiger partial charge in [0, 0.05) is 10.5 Å². The topological polar surface area (TPSA) is 86.5 Å². The van der Waals surface area contributed by atoms with E-state index in [1.54, 1.807) is 18.2 Å². The van der Waals surface area contributed by atoms with Gasteiger partial charge in [0.1, 0.15) is 0 Å². The predicted octanol–water partition coefficient (Wildman–Crippen LogP) is 3.20. The van der Waals surface area contributed by atoms with Crippen LogP contribution in [0.15, 0.2) is 57.8 Å². The Hall–Kier alpha value is -3.00. The molecule has 2 aromatic carbocycles. The number of anilines is 1. The molecule has 3 aromatic rings. The molecule has 1 aliphatic rings. The number of carbonyl (C=O) groups excluding carboxylic acids is 1. The van der Waals surface area contributed by atoms with E-state index in [4.69, 9.17) is 13.9 Å². The van der Waals surface area contributed by atoms with E-state index >= 15 is 0 Å². The Labute approximate surface area is 147 Å². The summed E-state index contributed by atoms with van der Waals surface area (Å²) < 4.78 is 16.1. The molecule has 0 saturated carbocycles. The lowest BCUT2D eigenvalue weighted by Gasteiger charge is -2.01. The molecule has 0 aliphatic carbocycles. The quantitative estimate of drug-likeness (QED) is 0.703. The van der Waals surface area contributed by atoms with Crippen molar-refractivity contribution in [2.45, 2.75) is 4.90 Å². The van der Waals surface area contributed by atoms with Gasteiger partial charge in [-0.2, -0.15) is 0 Å². The third kappa shape index (κ3) is 3.58. The highest BCUT2D eigenvalue weighted by Gasteiger charge is 2.17. The first kappa shape index (κ1) is 15.5. The van der Waals surface area contributed by atoms with Crippen LogP contribution in [0.1, 0.15) is 0 Å². The Kier molecular flexibility index (Phi) is 4.26. The van der Waals surface area contributed by atoms with E-state index in [0.29, 0.717) is 23.0 Å². The van der Waals surface area contributed by atoms with Crippen LogP contribution in [0.25, 0.3) is 11.5 Å². The van der Waals surface area contributed by atoms with E-state index in [2.05, 4.69) is 15.5 Å². The number of rotatable bonds is 5. The first-order valence-corrected chi connectivity index (χ1v) is 8.48. The first-order valence-electron chi connectivity index (χ1n) is 7.49. The molecule has 0 fully saturated rings. The van der Waals surface area contributed by atoms with Gasteiger partial charge in [-0.3, -0.25) is 10.1 Å². The van der Waals surface area contributed by atoms with E-state index < -0.39 is 0 Å².